The number of alkyl halides is 1. The minimum atomic E-state index is -0.485. The second kappa shape index (κ2) is 4.07. The number of carbonyl (C=O) groups is 1. The van der Waals surface area contributed by atoms with E-state index in [2.05, 4.69) is 0 Å². The van der Waals surface area contributed by atoms with E-state index >= 15 is 0 Å². The first-order valence-electron chi connectivity index (χ1n) is 3.61. The standard InChI is InChI=1S/C9H7Cl2FO/c1-5-7(9(13)4-10)2-6(11)3-8(5)12/h2-3H,4H2,1H3. The molecule has 0 heterocycles. The van der Waals surface area contributed by atoms with Crippen molar-refractivity contribution in [1.29, 1.82) is 0 Å². The van der Waals surface area contributed by atoms with Crippen LogP contribution >= 0.6 is 23.2 Å². The highest BCUT2D eigenvalue weighted by Gasteiger charge is 2.12. The normalized spacial score (nSPS) is 10.2. The van der Waals surface area contributed by atoms with Crippen LogP contribution in [0.15, 0.2) is 12.1 Å². The van der Waals surface area contributed by atoms with Crippen molar-refractivity contribution in [3.8, 4) is 0 Å². The molecule has 0 aliphatic rings. The monoisotopic (exact) mass is 220 g/mol. The topological polar surface area (TPSA) is 17.1 Å². The molecular weight excluding hydrogens is 214 g/mol. The van der Waals surface area contributed by atoms with E-state index in [0.717, 1.165) is 0 Å². The average molecular weight is 221 g/mol. The zero-order chi connectivity index (χ0) is 10.0. The molecule has 0 saturated heterocycles. The van der Waals surface area contributed by atoms with Gasteiger partial charge in [0.1, 0.15) is 5.82 Å². The van der Waals surface area contributed by atoms with E-state index in [-0.39, 0.29) is 27.8 Å². The molecule has 13 heavy (non-hydrogen) atoms. The van der Waals surface area contributed by atoms with E-state index in [4.69, 9.17) is 23.2 Å². The van der Waals surface area contributed by atoms with Gasteiger partial charge in [0.15, 0.2) is 5.78 Å². The summed E-state index contributed by atoms with van der Waals surface area (Å²) in [6.45, 7) is 1.52. The van der Waals surface area contributed by atoms with Crippen molar-refractivity contribution in [2.45, 2.75) is 6.92 Å². The van der Waals surface area contributed by atoms with Crippen LogP contribution in [-0.4, -0.2) is 11.7 Å². The average Bonchev–Trinajstić information content (AvgIpc) is 2.10. The lowest BCUT2D eigenvalue weighted by molar-refractivity contribution is 0.102. The highest BCUT2D eigenvalue weighted by molar-refractivity contribution is 6.33. The van der Waals surface area contributed by atoms with Crippen molar-refractivity contribution < 1.29 is 9.18 Å². The molecule has 0 fully saturated rings. The van der Waals surface area contributed by atoms with Crippen molar-refractivity contribution in [1.82, 2.24) is 0 Å². The van der Waals surface area contributed by atoms with Crippen LogP contribution in [-0.2, 0) is 0 Å². The minimum Gasteiger partial charge on any atom is -0.293 e. The summed E-state index contributed by atoms with van der Waals surface area (Å²) in [5.74, 6) is -0.970. The summed E-state index contributed by atoms with van der Waals surface area (Å²) in [5, 5.41) is 0.205. The van der Waals surface area contributed by atoms with Gasteiger partial charge in [0, 0.05) is 10.6 Å². The van der Waals surface area contributed by atoms with Crippen LogP contribution in [0.2, 0.25) is 5.02 Å². The van der Waals surface area contributed by atoms with E-state index < -0.39 is 5.82 Å². The van der Waals surface area contributed by atoms with Crippen LogP contribution in [0.5, 0.6) is 0 Å². The summed E-state index contributed by atoms with van der Waals surface area (Å²) in [7, 11) is 0. The maximum atomic E-state index is 13.1. The number of ketones is 1. The highest BCUT2D eigenvalue weighted by atomic mass is 35.5. The molecule has 0 radical (unpaired) electrons. The zero-order valence-corrected chi connectivity index (χ0v) is 8.42. The Kier molecular flexibility index (Phi) is 3.28. The smallest absolute Gasteiger partial charge is 0.177 e. The van der Waals surface area contributed by atoms with Gasteiger partial charge >= 0.3 is 0 Å². The van der Waals surface area contributed by atoms with Gasteiger partial charge in [-0.1, -0.05) is 11.6 Å². The fraction of sp³-hybridized carbons (Fsp3) is 0.222. The van der Waals surface area contributed by atoms with Gasteiger partial charge in [-0.15, -0.1) is 11.6 Å². The Morgan fingerprint density at radius 2 is 2.15 bits per heavy atom. The summed E-state index contributed by atoms with van der Waals surface area (Å²) in [6.07, 6.45) is 0. The lowest BCUT2D eigenvalue weighted by Gasteiger charge is -2.04. The Morgan fingerprint density at radius 1 is 1.54 bits per heavy atom. The molecular formula is C9H7Cl2FO. The number of halogens is 3. The van der Waals surface area contributed by atoms with Crippen LogP contribution in [0.1, 0.15) is 15.9 Å². The Morgan fingerprint density at radius 3 is 2.69 bits per heavy atom. The number of hydrogen-bond acceptors (Lipinski definition) is 1. The van der Waals surface area contributed by atoms with Crippen LogP contribution in [0.3, 0.4) is 0 Å². The fourth-order valence-corrected chi connectivity index (χ4v) is 1.36. The van der Waals surface area contributed by atoms with Crippen LogP contribution < -0.4 is 0 Å². The van der Waals surface area contributed by atoms with Crippen LogP contribution in [0.4, 0.5) is 4.39 Å². The molecule has 0 aliphatic heterocycles. The molecule has 0 amide bonds. The lowest BCUT2D eigenvalue weighted by Crippen LogP contribution is -2.04. The first-order chi connectivity index (χ1) is 6.06. The zero-order valence-electron chi connectivity index (χ0n) is 6.90. The van der Waals surface area contributed by atoms with Gasteiger partial charge in [0.2, 0.25) is 0 Å². The number of hydrogen-bond donors (Lipinski definition) is 0. The van der Waals surface area contributed by atoms with Crippen molar-refractivity contribution in [2.75, 3.05) is 5.88 Å². The highest BCUT2D eigenvalue weighted by Crippen LogP contribution is 2.19. The molecule has 0 bridgehead atoms. The lowest BCUT2D eigenvalue weighted by atomic mass is 10.1. The number of rotatable bonds is 2. The van der Waals surface area contributed by atoms with Crippen molar-refractivity contribution in [3.63, 3.8) is 0 Å². The summed E-state index contributed by atoms with van der Waals surface area (Å²) in [6, 6.07) is 2.59. The van der Waals surface area contributed by atoms with E-state index in [1.807, 2.05) is 0 Å². The van der Waals surface area contributed by atoms with E-state index in [0.29, 0.717) is 0 Å². The third-order valence-corrected chi connectivity index (χ3v) is 2.19. The molecule has 1 rings (SSSR count). The predicted molar refractivity (Wildman–Crippen MR) is 51.2 cm³/mol. The van der Waals surface area contributed by atoms with Gasteiger partial charge in [0.05, 0.1) is 5.88 Å². The van der Waals surface area contributed by atoms with Gasteiger partial charge < -0.3 is 0 Å². The van der Waals surface area contributed by atoms with E-state index in [1.165, 1.54) is 19.1 Å². The Balaban J connectivity index is 3.28. The third kappa shape index (κ3) is 2.20. The second-order valence-electron chi connectivity index (χ2n) is 2.62. The van der Waals surface area contributed by atoms with E-state index in [9.17, 15) is 9.18 Å². The SMILES string of the molecule is Cc1c(F)cc(Cl)cc1C(=O)CCl. The molecule has 70 valence electrons. The van der Waals surface area contributed by atoms with Crippen LogP contribution in [0.25, 0.3) is 0 Å². The van der Waals surface area contributed by atoms with Crippen molar-refractivity contribution in [2.24, 2.45) is 0 Å². The molecule has 0 spiro atoms. The fourth-order valence-electron chi connectivity index (χ4n) is 1.01. The summed E-state index contributed by atoms with van der Waals surface area (Å²) < 4.78 is 13.1. The van der Waals surface area contributed by atoms with Crippen molar-refractivity contribution >= 4 is 29.0 Å². The van der Waals surface area contributed by atoms with Gasteiger partial charge in [-0.05, 0) is 24.6 Å². The molecule has 4 heteroatoms. The number of Topliss-reactive ketones (excluding diaryl/α,β-unsaturated/α-hetero) is 1. The molecule has 1 nitrogen and oxygen atoms in total. The minimum absolute atomic E-state index is 0.166. The molecule has 1 aromatic carbocycles. The first-order valence-corrected chi connectivity index (χ1v) is 4.52. The number of carbonyl (C=O) groups excluding carboxylic acids is 1. The van der Waals surface area contributed by atoms with Gasteiger partial charge in [-0.3, -0.25) is 4.79 Å². The van der Waals surface area contributed by atoms with Gasteiger partial charge in [0.25, 0.3) is 0 Å². The molecule has 0 atom stereocenters. The quantitative estimate of drug-likeness (QED) is 0.553. The maximum absolute atomic E-state index is 13.1. The molecule has 0 saturated carbocycles. The van der Waals surface area contributed by atoms with Gasteiger partial charge in [-0.2, -0.15) is 0 Å². The molecule has 0 aliphatic carbocycles. The third-order valence-electron chi connectivity index (χ3n) is 1.73. The molecule has 0 unspecified atom stereocenters. The van der Waals surface area contributed by atoms with E-state index in [1.54, 1.807) is 0 Å². The molecule has 0 aromatic heterocycles. The molecule has 0 N–H and O–H groups in total. The number of benzene rings is 1. The Labute approximate surface area is 85.5 Å². The van der Waals surface area contributed by atoms with Gasteiger partial charge in [-0.25, -0.2) is 4.39 Å². The largest absolute Gasteiger partial charge is 0.293 e. The second-order valence-corrected chi connectivity index (χ2v) is 3.32. The predicted octanol–water partition coefficient (Wildman–Crippen LogP) is 3.21. The first kappa shape index (κ1) is 10.5. The Hall–Kier alpha value is -0.600. The van der Waals surface area contributed by atoms with Crippen molar-refractivity contribution in [3.05, 3.63) is 34.1 Å². The maximum Gasteiger partial charge on any atom is 0.177 e. The summed E-state index contributed by atoms with van der Waals surface area (Å²) >= 11 is 10.9. The molecule has 1 aromatic rings. The summed E-state index contributed by atoms with van der Waals surface area (Å²) in [4.78, 5) is 11.2. The summed E-state index contributed by atoms with van der Waals surface area (Å²) in [5.41, 5.74) is 0.537. The van der Waals surface area contributed by atoms with Crippen LogP contribution in [0, 0.1) is 12.7 Å². The Bertz CT molecular complexity index is 350.